The van der Waals surface area contributed by atoms with Gasteiger partial charge in [0.05, 0.1) is 17.6 Å². The highest BCUT2D eigenvalue weighted by Crippen LogP contribution is 2.27. The van der Waals surface area contributed by atoms with Crippen LogP contribution in [0.2, 0.25) is 0 Å². The summed E-state index contributed by atoms with van der Waals surface area (Å²) < 4.78 is 7.22. The van der Waals surface area contributed by atoms with Gasteiger partial charge in [0.2, 0.25) is 5.91 Å². The Hall–Kier alpha value is -3.68. The number of aryl methyl sites for hydroxylation is 1. The van der Waals surface area contributed by atoms with E-state index in [1.165, 1.54) is 6.42 Å². The fourth-order valence-electron chi connectivity index (χ4n) is 4.85. The van der Waals surface area contributed by atoms with Crippen molar-refractivity contribution in [3.8, 4) is 0 Å². The van der Waals surface area contributed by atoms with Crippen molar-refractivity contribution in [2.24, 2.45) is 11.7 Å². The molecule has 36 heavy (non-hydrogen) atoms. The number of amidine groups is 1. The monoisotopic (exact) mass is 489 g/mol. The molecule has 1 aliphatic rings. The molecule has 3 aromatic rings. The molecule has 0 aliphatic heterocycles. The third kappa shape index (κ3) is 6.30. The van der Waals surface area contributed by atoms with Crippen molar-refractivity contribution >= 4 is 34.4 Å². The molecule has 0 spiro atoms. The van der Waals surface area contributed by atoms with E-state index >= 15 is 0 Å². The van der Waals surface area contributed by atoms with Crippen LogP contribution in [0.1, 0.15) is 68.8 Å². The summed E-state index contributed by atoms with van der Waals surface area (Å²) in [5, 5.41) is 10.7. The third-order valence-electron chi connectivity index (χ3n) is 6.77. The molecule has 0 bridgehead atoms. The number of imidazole rings is 1. The molecule has 2 aromatic carbocycles. The van der Waals surface area contributed by atoms with Crippen LogP contribution in [0, 0.1) is 11.3 Å². The number of nitrogens with zero attached hydrogens (tertiary/aromatic N) is 2. The Kier molecular flexibility index (Phi) is 8.36. The minimum absolute atomic E-state index is 0.0376. The van der Waals surface area contributed by atoms with Crippen LogP contribution in [0.25, 0.3) is 11.0 Å². The molecule has 4 rings (SSSR count). The van der Waals surface area contributed by atoms with E-state index in [2.05, 4.69) is 9.88 Å². The molecule has 1 aromatic heterocycles. The van der Waals surface area contributed by atoms with Crippen LogP contribution >= 0.6 is 0 Å². The van der Waals surface area contributed by atoms with Crippen molar-refractivity contribution < 1.29 is 14.3 Å². The summed E-state index contributed by atoms with van der Waals surface area (Å²) in [5.74, 6) is 0.892. The average molecular weight is 490 g/mol. The van der Waals surface area contributed by atoms with Gasteiger partial charge < -0.3 is 20.4 Å². The number of hydrogen-bond donors (Lipinski definition) is 3. The van der Waals surface area contributed by atoms with Crippen molar-refractivity contribution in [1.29, 1.82) is 5.41 Å². The Balaban J connectivity index is 1.57. The number of nitrogen functional groups attached to an aromatic ring is 1. The lowest BCUT2D eigenvalue weighted by Crippen LogP contribution is -2.24. The predicted molar refractivity (Wildman–Crippen MR) is 141 cm³/mol. The number of carbonyl (C=O) groups is 2. The molecule has 1 amide bonds. The SMILES string of the molecule is CCOC(=O)CCCn1c(Cc2ccc(C(=N)N)cc2)nc2cc(NC(=O)C3CCCCC3)ccc21. The first-order valence-electron chi connectivity index (χ1n) is 12.8. The smallest absolute Gasteiger partial charge is 0.305 e. The van der Waals surface area contributed by atoms with E-state index in [1.54, 1.807) is 6.92 Å². The lowest BCUT2D eigenvalue weighted by molar-refractivity contribution is -0.143. The second-order valence-electron chi connectivity index (χ2n) is 9.40. The number of hydrogen-bond acceptors (Lipinski definition) is 5. The second-order valence-corrected chi connectivity index (χ2v) is 9.40. The summed E-state index contributed by atoms with van der Waals surface area (Å²) in [6.07, 6.45) is 6.93. The highest BCUT2D eigenvalue weighted by atomic mass is 16.5. The largest absolute Gasteiger partial charge is 0.466 e. The summed E-state index contributed by atoms with van der Waals surface area (Å²) in [6.45, 7) is 2.81. The van der Waals surface area contributed by atoms with Gasteiger partial charge in [0.1, 0.15) is 11.7 Å². The van der Waals surface area contributed by atoms with Crippen molar-refractivity contribution in [3.05, 3.63) is 59.4 Å². The average Bonchev–Trinajstić information content (AvgIpc) is 3.21. The van der Waals surface area contributed by atoms with E-state index in [1.807, 2.05) is 42.5 Å². The number of esters is 1. The Labute approximate surface area is 211 Å². The zero-order valence-electron chi connectivity index (χ0n) is 20.9. The van der Waals surface area contributed by atoms with Crippen molar-refractivity contribution in [3.63, 3.8) is 0 Å². The van der Waals surface area contributed by atoms with E-state index in [4.69, 9.17) is 20.9 Å². The Morgan fingerprint density at radius 1 is 1.14 bits per heavy atom. The molecule has 4 N–H and O–H groups in total. The van der Waals surface area contributed by atoms with E-state index in [0.717, 1.165) is 53.8 Å². The van der Waals surface area contributed by atoms with Crippen LogP contribution in [0.3, 0.4) is 0 Å². The summed E-state index contributed by atoms with van der Waals surface area (Å²) in [5.41, 5.74) is 9.84. The molecule has 0 unspecified atom stereocenters. The fourth-order valence-corrected chi connectivity index (χ4v) is 4.85. The quantitative estimate of drug-likeness (QED) is 0.215. The maximum absolute atomic E-state index is 12.7. The number of carbonyl (C=O) groups excluding carboxylic acids is 2. The summed E-state index contributed by atoms with van der Waals surface area (Å²) in [4.78, 5) is 29.5. The van der Waals surface area contributed by atoms with Crippen molar-refractivity contribution in [2.75, 3.05) is 11.9 Å². The number of anilines is 1. The predicted octanol–water partition coefficient (Wildman–Crippen LogP) is 4.77. The van der Waals surface area contributed by atoms with Gasteiger partial charge in [0.15, 0.2) is 0 Å². The number of amides is 1. The number of rotatable bonds is 10. The van der Waals surface area contributed by atoms with Gasteiger partial charge in [-0.3, -0.25) is 15.0 Å². The molecule has 1 fully saturated rings. The molecule has 0 atom stereocenters. The van der Waals surface area contributed by atoms with E-state index in [-0.39, 0.29) is 23.6 Å². The van der Waals surface area contributed by atoms with Gasteiger partial charge in [-0.15, -0.1) is 0 Å². The number of fused-ring (bicyclic) bond motifs is 1. The summed E-state index contributed by atoms with van der Waals surface area (Å²) in [6, 6.07) is 13.4. The number of benzene rings is 2. The van der Waals surface area contributed by atoms with E-state index in [9.17, 15) is 9.59 Å². The lowest BCUT2D eigenvalue weighted by Gasteiger charge is -2.20. The first-order chi connectivity index (χ1) is 17.4. The zero-order chi connectivity index (χ0) is 25.5. The Morgan fingerprint density at radius 3 is 2.58 bits per heavy atom. The molecule has 1 heterocycles. The molecule has 8 heteroatoms. The normalized spacial score (nSPS) is 14.0. The van der Waals surface area contributed by atoms with Crippen LogP contribution in [0.4, 0.5) is 5.69 Å². The molecule has 0 saturated heterocycles. The summed E-state index contributed by atoms with van der Waals surface area (Å²) in [7, 11) is 0. The minimum atomic E-state index is -0.198. The molecule has 1 aliphatic carbocycles. The minimum Gasteiger partial charge on any atom is -0.466 e. The topological polar surface area (TPSA) is 123 Å². The highest BCUT2D eigenvalue weighted by Gasteiger charge is 2.21. The lowest BCUT2D eigenvalue weighted by atomic mass is 9.88. The fraction of sp³-hybridized carbons (Fsp3) is 0.429. The van der Waals surface area contributed by atoms with Crippen LogP contribution in [-0.2, 0) is 27.3 Å². The number of nitrogens with one attached hydrogen (secondary N) is 2. The molecular formula is C28H35N5O3. The first kappa shape index (κ1) is 25.4. The van der Waals surface area contributed by atoms with E-state index in [0.29, 0.717) is 38.0 Å². The zero-order valence-corrected chi connectivity index (χ0v) is 20.9. The molecule has 0 radical (unpaired) electrons. The standard InChI is InChI=1S/C28H35N5O3/c1-2-36-26(34)9-6-16-33-24-15-14-22(31-28(35)21-7-4-3-5-8-21)18-23(24)32-25(33)17-19-10-12-20(13-11-19)27(29)30/h10-15,18,21H,2-9,16-17H2,1H3,(H3,29,30)(H,31,35). The molecule has 190 valence electrons. The van der Waals surface area contributed by atoms with E-state index < -0.39 is 0 Å². The number of aromatic nitrogens is 2. The number of nitrogens with two attached hydrogens (primary N) is 1. The Morgan fingerprint density at radius 2 is 1.89 bits per heavy atom. The first-order valence-corrected chi connectivity index (χ1v) is 12.8. The van der Waals surface area contributed by atoms with Gasteiger partial charge in [-0.25, -0.2) is 4.98 Å². The van der Waals surface area contributed by atoms with Gasteiger partial charge in [-0.2, -0.15) is 0 Å². The van der Waals surface area contributed by atoms with Crippen LogP contribution in [-0.4, -0.2) is 33.9 Å². The van der Waals surface area contributed by atoms with Crippen LogP contribution in [0.15, 0.2) is 42.5 Å². The van der Waals surface area contributed by atoms with Gasteiger partial charge in [0, 0.05) is 36.6 Å². The maximum atomic E-state index is 12.7. The van der Waals surface area contributed by atoms with Crippen LogP contribution < -0.4 is 11.1 Å². The van der Waals surface area contributed by atoms with Gasteiger partial charge in [-0.1, -0.05) is 43.5 Å². The van der Waals surface area contributed by atoms with Crippen molar-refractivity contribution in [2.45, 2.75) is 64.8 Å². The molecular weight excluding hydrogens is 454 g/mol. The summed E-state index contributed by atoms with van der Waals surface area (Å²) >= 11 is 0. The molecule has 8 nitrogen and oxygen atoms in total. The molecule has 1 saturated carbocycles. The maximum Gasteiger partial charge on any atom is 0.305 e. The van der Waals surface area contributed by atoms with Crippen LogP contribution in [0.5, 0.6) is 0 Å². The van der Waals surface area contributed by atoms with Gasteiger partial charge in [-0.05, 0) is 49.9 Å². The van der Waals surface area contributed by atoms with Gasteiger partial charge >= 0.3 is 5.97 Å². The van der Waals surface area contributed by atoms with Crippen molar-refractivity contribution in [1.82, 2.24) is 9.55 Å². The highest BCUT2D eigenvalue weighted by molar-refractivity contribution is 5.95. The Bertz CT molecular complexity index is 1230. The second kappa shape index (κ2) is 11.8. The van der Waals surface area contributed by atoms with Gasteiger partial charge in [0.25, 0.3) is 0 Å². The third-order valence-corrected chi connectivity index (χ3v) is 6.77. The number of ether oxygens (including phenoxy) is 1.